The lowest BCUT2D eigenvalue weighted by Crippen LogP contribution is -2.17. The predicted molar refractivity (Wildman–Crippen MR) is 73.4 cm³/mol. The van der Waals surface area contributed by atoms with Gasteiger partial charge in [0.25, 0.3) is 0 Å². The smallest absolute Gasteiger partial charge is 0.124 e. The van der Waals surface area contributed by atoms with E-state index < -0.39 is 0 Å². The fraction of sp³-hybridized carbons (Fsp3) is 0.333. The van der Waals surface area contributed by atoms with Crippen molar-refractivity contribution in [3.8, 4) is 11.5 Å². The standard InChI is InChI=1S/C15H19NO3/c1-10-4-5-13(19-10)9-16-11(2)14-7-6-12(18-3)8-15(14)17/h4-8,11,16-17H,9H2,1-3H3. The molecule has 4 heteroatoms. The van der Waals surface area contributed by atoms with E-state index in [1.165, 1.54) is 0 Å². The van der Waals surface area contributed by atoms with Gasteiger partial charge in [-0.1, -0.05) is 6.07 Å². The van der Waals surface area contributed by atoms with Crippen LogP contribution in [0.3, 0.4) is 0 Å². The Morgan fingerprint density at radius 3 is 2.68 bits per heavy atom. The molecule has 1 unspecified atom stereocenters. The highest BCUT2D eigenvalue weighted by Gasteiger charge is 2.11. The summed E-state index contributed by atoms with van der Waals surface area (Å²) in [6.07, 6.45) is 0. The molecule has 1 aromatic carbocycles. The van der Waals surface area contributed by atoms with Gasteiger partial charge in [-0.15, -0.1) is 0 Å². The molecule has 0 aliphatic rings. The predicted octanol–water partition coefficient (Wildman–Crippen LogP) is 3.15. The van der Waals surface area contributed by atoms with Crippen LogP contribution >= 0.6 is 0 Å². The normalized spacial score (nSPS) is 12.4. The van der Waals surface area contributed by atoms with Gasteiger partial charge < -0.3 is 19.6 Å². The zero-order chi connectivity index (χ0) is 13.8. The van der Waals surface area contributed by atoms with Crippen LogP contribution in [0.2, 0.25) is 0 Å². The van der Waals surface area contributed by atoms with Crippen molar-refractivity contribution in [3.05, 3.63) is 47.4 Å². The van der Waals surface area contributed by atoms with Crippen molar-refractivity contribution in [2.24, 2.45) is 0 Å². The number of methoxy groups -OCH3 is 1. The van der Waals surface area contributed by atoms with Gasteiger partial charge in [0.1, 0.15) is 23.0 Å². The second-order valence-corrected chi connectivity index (χ2v) is 4.54. The van der Waals surface area contributed by atoms with Gasteiger partial charge >= 0.3 is 0 Å². The first kappa shape index (κ1) is 13.5. The van der Waals surface area contributed by atoms with Crippen molar-refractivity contribution < 1.29 is 14.3 Å². The molecule has 0 fully saturated rings. The van der Waals surface area contributed by atoms with Gasteiger partial charge in [0, 0.05) is 17.7 Å². The number of phenols is 1. The highest BCUT2D eigenvalue weighted by Crippen LogP contribution is 2.28. The maximum atomic E-state index is 9.95. The topological polar surface area (TPSA) is 54.6 Å². The Balaban J connectivity index is 2.01. The molecule has 0 saturated carbocycles. The van der Waals surface area contributed by atoms with Gasteiger partial charge in [0.15, 0.2) is 0 Å². The number of ether oxygens (including phenoxy) is 1. The maximum Gasteiger partial charge on any atom is 0.124 e. The summed E-state index contributed by atoms with van der Waals surface area (Å²) in [4.78, 5) is 0. The number of aromatic hydroxyl groups is 1. The van der Waals surface area contributed by atoms with Crippen LogP contribution in [0, 0.1) is 6.92 Å². The lowest BCUT2D eigenvalue weighted by Gasteiger charge is -2.15. The molecule has 4 nitrogen and oxygen atoms in total. The van der Waals surface area contributed by atoms with Crippen LogP contribution in [0.5, 0.6) is 11.5 Å². The van der Waals surface area contributed by atoms with Gasteiger partial charge in [0.2, 0.25) is 0 Å². The van der Waals surface area contributed by atoms with E-state index in [1.54, 1.807) is 13.2 Å². The Labute approximate surface area is 113 Å². The van der Waals surface area contributed by atoms with Crippen molar-refractivity contribution in [3.63, 3.8) is 0 Å². The van der Waals surface area contributed by atoms with Gasteiger partial charge in [-0.2, -0.15) is 0 Å². The number of rotatable bonds is 5. The highest BCUT2D eigenvalue weighted by molar-refractivity contribution is 5.41. The number of furan rings is 1. The average molecular weight is 261 g/mol. The molecule has 102 valence electrons. The lowest BCUT2D eigenvalue weighted by molar-refractivity contribution is 0.401. The maximum absolute atomic E-state index is 9.95. The number of benzene rings is 1. The molecule has 2 rings (SSSR count). The average Bonchev–Trinajstić information content (AvgIpc) is 2.81. The molecule has 2 aromatic rings. The third-order valence-electron chi connectivity index (χ3n) is 3.08. The van der Waals surface area contributed by atoms with E-state index in [-0.39, 0.29) is 11.8 Å². The minimum Gasteiger partial charge on any atom is -0.507 e. The largest absolute Gasteiger partial charge is 0.507 e. The van der Waals surface area contributed by atoms with Crippen LogP contribution in [0.15, 0.2) is 34.7 Å². The van der Waals surface area contributed by atoms with Crippen LogP contribution in [0.4, 0.5) is 0 Å². The highest BCUT2D eigenvalue weighted by atomic mass is 16.5. The molecular formula is C15H19NO3. The molecule has 19 heavy (non-hydrogen) atoms. The number of aryl methyl sites for hydroxylation is 1. The van der Waals surface area contributed by atoms with Crippen molar-refractivity contribution in [2.75, 3.05) is 7.11 Å². The SMILES string of the molecule is COc1ccc(C(C)NCc2ccc(C)o2)c(O)c1. The molecule has 0 saturated heterocycles. The second-order valence-electron chi connectivity index (χ2n) is 4.54. The van der Waals surface area contributed by atoms with Crippen LogP contribution in [-0.2, 0) is 6.54 Å². The van der Waals surface area contributed by atoms with Crippen molar-refractivity contribution in [1.29, 1.82) is 0 Å². The van der Waals surface area contributed by atoms with Crippen molar-refractivity contribution in [1.82, 2.24) is 5.32 Å². The summed E-state index contributed by atoms with van der Waals surface area (Å²) in [5.74, 6) is 2.67. The minimum atomic E-state index is 0.0244. The summed E-state index contributed by atoms with van der Waals surface area (Å²) < 4.78 is 10.6. The molecular weight excluding hydrogens is 242 g/mol. The van der Waals surface area contributed by atoms with Gasteiger partial charge in [-0.25, -0.2) is 0 Å². The van der Waals surface area contributed by atoms with E-state index in [1.807, 2.05) is 38.1 Å². The van der Waals surface area contributed by atoms with Gasteiger partial charge in [-0.05, 0) is 32.0 Å². The molecule has 1 atom stereocenters. The Morgan fingerprint density at radius 1 is 1.32 bits per heavy atom. The second kappa shape index (κ2) is 5.80. The summed E-state index contributed by atoms with van der Waals surface area (Å²) in [7, 11) is 1.58. The molecule has 2 N–H and O–H groups in total. The Hall–Kier alpha value is -1.94. The summed E-state index contributed by atoms with van der Waals surface area (Å²) in [5.41, 5.74) is 0.837. The molecule has 0 bridgehead atoms. The first-order valence-electron chi connectivity index (χ1n) is 6.25. The molecule has 0 aliphatic heterocycles. The van der Waals surface area contributed by atoms with Gasteiger partial charge in [0.05, 0.1) is 13.7 Å². The quantitative estimate of drug-likeness (QED) is 0.868. The number of phenolic OH excluding ortho intramolecular Hbond substituents is 1. The Morgan fingerprint density at radius 2 is 2.11 bits per heavy atom. The molecule has 0 aliphatic carbocycles. The molecule has 0 radical (unpaired) electrons. The van der Waals surface area contributed by atoms with E-state index in [2.05, 4.69) is 5.32 Å². The summed E-state index contributed by atoms with van der Waals surface area (Å²) in [5, 5.41) is 13.3. The van der Waals surface area contributed by atoms with Crippen LogP contribution in [-0.4, -0.2) is 12.2 Å². The van der Waals surface area contributed by atoms with Gasteiger partial charge in [-0.3, -0.25) is 0 Å². The monoisotopic (exact) mass is 261 g/mol. The lowest BCUT2D eigenvalue weighted by atomic mass is 10.1. The van der Waals surface area contributed by atoms with Crippen molar-refractivity contribution >= 4 is 0 Å². The van der Waals surface area contributed by atoms with E-state index in [4.69, 9.17) is 9.15 Å². The molecule has 0 spiro atoms. The summed E-state index contributed by atoms with van der Waals surface area (Å²) in [6.45, 7) is 4.54. The fourth-order valence-electron chi connectivity index (χ4n) is 1.96. The fourth-order valence-corrected chi connectivity index (χ4v) is 1.96. The van der Waals surface area contributed by atoms with Crippen LogP contribution < -0.4 is 10.1 Å². The molecule has 1 heterocycles. The number of hydrogen-bond donors (Lipinski definition) is 2. The molecule has 1 aromatic heterocycles. The number of nitrogens with one attached hydrogen (secondary N) is 1. The first-order valence-corrected chi connectivity index (χ1v) is 6.25. The van der Waals surface area contributed by atoms with E-state index in [0.29, 0.717) is 12.3 Å². The molecule has 0 amide bonds. The van der Waals surface area contributed by atoms with E-state index >= 15 is 0 Å². The summed E-state index contributed by atoms with van der Waals surface area (Å²) in [6, 6.07) is 9.22. The third-order valence-corrected chi connectivity index (χ3v) is 3.08. The number of hydrogen-bond acceptors (Lipinski definition) is 4. The first-order chi connectivity index (χ1) is 9.10. The van der Waals surface area contributed by atoms with E-state index in [0.717, 1.165) is 17.1 Å². The third kappa shape index (κ3) is 3.29. The minimum absolute atomic E-state index is 0.0244. The van der Waals surface area contributed by atoms with E-state index in [9.17, 15) is 5.11 Å². The van der Waals surface area contributed by atoms with Crippen molar-refractivity contribution in [2.45, 2.75) is 26.4 Å². The van der Waals surface area contributed by atoms with Crippen LogP contribution in [0.25, 0.3) is 0 Å². The zero-order valence-electron chi connectivity index (χ0n) is 11.4. The Bertz CT molecular complexity index is 548. The zero-order valence-corrected chi connectivity index (χ0v) is 11.4. The Kier molecular flexibility index (Phi) is 4.12. The van der Waals surface area contributed by atoms with Crippen LogP contribution in [0.1, 0.15) is 30.0 Å². The summed E-state index contributed by atoms with van der Waals surface area (Å²) >= 11 is 0.